The molecule has 1 atom stereocenters. The van der Waals surface area contributed by atoms with Crippen LogP contribution in [0.25, 0.3) is 0 Å². The van der Waals surface area contributed by atoms with Crippen LogP contribution in [0.4, 0.5) is 5.82 Å². The van der Waals surface area contributed by atoms with Crippen molar-refractivity contribution in [3.05, 3.63) is 53.0 Å². The summed E-state index contributed by atoms with van der Waals surface area (Å²) >= 11 is 0. The van der Waals surface area contributed by atoms with Crippen molar-refractivity contribution in [1.29, 1.82) is 0 Å². The molecule has 5 heteroatoms. The van der Waals surface area contributed by atoms with E-state index in [1.165, 1.54) is 11.1 Å². The minimum atomic E-state index is 0.111. The van der Waals surface area contributed by atoms with E-state index in [1.807, 2.05) is 11.8 Å². The Morgan fingerprint density at radius 2 is 1.96 bits per heavy atom. The molecule has 0 saturated carbocycles. The molecule has 1 saturated heterocycles. The number of carbonyl (C=O) groups excluding carboxylic acids is 1. The second kappa shape index (κ2) is 5.89. The Hall–Kier alpha value is -2.43. The monoisotopic (exact) mass is 322 g/mol. The first-order chi connectivity index (χ1) is 11.6. The maximum Gasteiger partial charge on any atom is 0.220 e. The zero-order valence-corrected chi connectivity index (χ0v) is 14.2. The molecule has 124 valence electrons. The Kier molecular flexibility index (Phi) is 3.71. The van der Waals surface area contributed by atoms with E-state index in [-0.39, 0.29) is 11.9 Å². The standard InChI is InChI=1S/C19H22N4O/c1-13-20-17(18-8-10-23(18)14(2)24)11-19(21-13)22-9-7-15-5-3-4-6-16(15)12-22/h3-6,11,18H,7-10,12H2,1-2H3. The van der Waals surface area contributed by atoms with Crippen LogP contribution >= 0.6 is 0 Å². The van der Waals surface area contributed by atoms with Crippen LogP contribution in [0.2, 0.25) is 0 Å². The van der Waals surface area contributed by atoms with E-state index < -0.39 is 0 Å². The SMILES string of the molecule is CC(=O)N1CCC1c1cc(N2CCc3ccccc3C2)nc(C)n1. The minimum Gasteiger partial charge on any atom is -0.352 e. The molecule has 3 heterocycles. The van der Waals surface area contributed by atoms with Gasteiger partial charge in [-0.1, -0.05) is 24.3 Å². The molecule has 24 heavy (non-hydrogen) atoms. The molecule has 1 aromatic heterocycles. The Morgan fingerprint density at radius 1 is 1.17 bits per heavy atom. The third-order valence-corrected chi connectivity index (χ3v) is 5.06. The third-order valence-electron chi connectivity index (χ3n) is 5.06. The second-order valence-electron chi connectivity index (χ2n) is 6.66. The largest absolute Gasteiger partial charge is 0.352 e. The van der Waals surface area contributed by atoms with Gasteiger partial charge < -0.3 is 9.80 Å². The van der Waals surface area contributed by atoms with Gasteiger partial charge in [0.05, 0.1) is 11.7 Å². The first-order valence-electron chi connectivity index (χ1n) is 8.56. The average molecular weight is 322 g/mol. The number of carbonyl (C=O) groups is 1. The Morgan fingerprint density at radius 3 is 2.67 bits per heavy atom. The fourth-order valence-corrected chi connectivity index (χ4v) is 3.67. The molecule has 2 aliphatic heterocycles. The number of hydrogen-bond donors (Lipinski definition) is 0. The van der Waals surface area contributed by atoms with Gasteiger partial charge in [-0.25, -0.2) is 9.97 Å². The zero-order valence-electron chi connectivity index (χ0n) is 14.2. The lowest BCUT2D eigenvalue weighted by Crippen LogP contribution is -2.44. The van der Waals surface area contributed by atoms with Crippen LogP contribution < -0.4 is 4.90 Å². The van der Waals surface area contributed by atoms with E-state index in [0.717, 1.165) is 49.8 Å². The van der Waals surface area contributed by atoms with Gasteiger partial charge in [-0.05, 0) is 30.9 Å². The van der Waals surface area contributed by atoms with Gasteiger partial charge in [-0.2, -0.15) is 0 Å². The van der Waals surface area contributed by atoms with E-state index >= 15 is 0 Å². The maximum absolute atomic E-state index is 11.7. The van der Waals surface area contributed by atoms with Crippen molar-refractivity contribution in [2.75, 3.05) is 18.0 Å². The minimum absolute atomic E-state index is 0.111. The third kappa shape index (κ3) is 2.64. The molecule has 0 bridgehead atoms. The molecule has 1 amide bonds. The highest BCUT2D eigenvalue weighted by molar-refractivity contribution is 5.74. The van der Waals surface area contributed by atoms with Crippen molar-refractivity contribution in [3.8, 4) is 0 Å². The molecule has 5 nitrogen and oxygen atoms in total. The summed E-state index contributed by atoms with van der Waals surface area (Å²) in [4.78, 5) is 25.1. The van der Waals surface area contributed by atoms with Crippen molar-refractivity contribution in [1.82, 2.24) is 14.9 Å². The van der Waals surface area contributed by atoms with Gasteiger partial charge in [0.2, 0.25) is 5.91 Å². The summed E-state index contributed by atoms with van der Waals surface area (Å²) in [5.74, 6) is 1.87. The first kappa shape index (κ1) is 15.1. The Labute approximate surface area is 142 Å². The lowest BCUT2D eigenvalue weighted by molar-refractivity contribution is -0.136. The number of amides is 1. The normalized spacial score (nSPS) is 19.7. The Bertz CT molecular complexity index is 789. The number of nitrogens with zero attached hydrogens (tertiary/aromatic N) is 4. The van der Waals surface area contributed by atoms with Gasteiger partial charge in [0.1, 0.15) is 11.6 Å². The highest BCUT2D eigenvalue weighted by Gasteiger charge is 2.33. The molecule has 1 unspecified atom stereocenters. The molecular formula is C19H22N4O. The number of aryl methyl sites for hydroxylation is 1. The van der Waals surface area contributed by atoms with Gasteiger partial charge in [0.25, 0.3) is 0 Å². The van der Waals surface area contributed by atoms with Crippen molar-refractivity contribution < 1.29 is 4.79 Å². The van der Waals surface area contributed by atoms with E-state index in [9.17, 15) is 4.79 Å². The topological polar surface area (TPSA) is 49.3 Å². The number of anilines is 1. The highest BCUT2D eigenvalue weighted by atomic mass is 16.2. The summed E-state index contributed by atoms with van der Waals surface area (Å²) < 4.78 is 0. The highest BCUT2D eigenvalue weighted by Crippen LogP contribution is 2.34. The fraction of sp³-hybridized carbons (Fsp3) is 0.421. The molecule has 2 aromatic rings. The van der Waals surface area contributed by atoms with Crippen LogP contribution in [-0.4, -0.2) is 33.9 Å². The van der Waals surface area contributed by atoms with Gasteiger partial charge in [0, 0.05) is 32.6 Å². The summed E-state index contributed by atoms with van der Waals surface area (Å²) in [5, 5.41) is 0. The van der Waals surface area contributed by atoms with Gasteiger partial charge in [-0.3, -0.25) is 4.79 Å². The Balaban J connectivity index is 1.62. The summed E-state index contributed by atoms with van der Waals surface area (Å²) in [7, 11) is 0. The lowest BCUT2D eigenvalue weighted by Gasteiger charge is -2.40. The van der Waals surface area contributed by atoms with Crippen LogP contribution in [0.3, 0.4) is 0 Å². The van der Waals surface area contributed by atoms with Crippen LogP contribution in [0.5, 0.6) is 0 Å². The smallest absolute Gasteiger partial charge is 0.220 e. The number of aromatic nitrogens is 2. The molecule has 0 radical (unpaired) electrons. The molecule has 4 rings (SSSR count). The van der Waals surface area contributed by atoms with Crippen LogP contribution in [0.1, 0.15) is 42.0 Å². The van der Waals surface area contributed by atoms with Crippen LogP contribution in [-0.2, 0) is 17.8 Å². The van der Waals surface area contributed by atoms with Crippen molar-refractivity contribution in [3.63, 3.8) is 0 Å². The molecular weight excluding hydrogens is 300 g/mol. The van der Waals surface area contributed by atoms with Gasteiger partial charge in [0.15, 0.2) is 0 Å². The van der Waals surface area contributed by atoms with Crippen molar-refractivity contribution >= 4 is 11.7 Å². The summed E-state index contributed by atoms with van der Waals surface area (Å²) in [6.07, 6.45) is 2.02. The first-order valence-corrected chi connectivity index (χ1v) is 8.56. The number of hydrogen-bond acceptors (Lipinski definition) is 4. The molecule has 0 N–H and O–H groups in total. The average Bonchev–Trinajstić information content (AvgIpc) is 2.52. The maximum atomic E-state index is 11.7. The molecule has 2 aliphatic rings. The van der Waals surface area contributed by atoms with E-state index in [2.05, 4.69) is 45.2 Å². The number of likely N-dealkylation sites (tertiary alicyclic amines) is 1. The predicted molar refractivity (Wildman–Crippen MR) is 92.7 cm³/mol. The van der Waals surface area contributed by atoms with Crippen LogP contribution in [0.15, 0.2) is 30.3 Å². The summed E-state index contributed by atoms with van der Waals surface area (Å²) in [5.41, 5.74) is 3.77. The zero-order chi connectivity index (χ0) is 16.7. The summed E-state index contributed by atoms with van der Waals surface area (Å²) in [6.45, 7) is 6.24. The fourth-order valence-electron chi connectivity index (χ4n) is 3.67. The lowest BCUT2D eigenvalue weighted by atomic mass is 9.98. The number of fused-ring (bicyclic) bond motifs is 1. The van der Waals surface area contributed by atoms with Gasteiger partial charge in [-0.15, -0.1) is 0 Å². The van der Waals surface area contributed by atoms with Crippen molar-refractivity contribution in [2.45, 2.75) is 39.3 Å². The van der Waals surface area contributed by atoms with E-state index in [4.69, 9.17) is 0 Å². The van der Waals surface area contributed by atoms with E-state index in [1.54, 1.807) is 6.92 Å². The predicted octanol–water partition coefficient (Wildman–Crippen LogP) is 2.64. The second-order valence-corrected chi connectivity index (χ2v) is 6.66. The quantitative estimate of drug-likeness (QED) is 0.853. The molecule has 1 aromatic carbocycles. The molecule has 0 aliphatic carbocycles. The molecule has 1 fully saturated rings. The van der Waals surface area contributed by atoms with E-state index in [0.29, 0.717) is 0 Å². The number of benzene rings is 1. The van der Waals surface area contributed by atoms with Crippen LogP contribution in [0, 0.1) is 6.92 Å². The summed E-state index contributed by atoms with van der Waals surface area (Å²) in [6, 6.07) is 10.8. The van der Waals surface area contributed by atoms with Gasteiger partial charge >= 0.3 is 0 Å². The molecule has 0 spiro atoms. The number of rotatable bonds is 2. The van der Waals surface area contributed by atoms with Crippen molar-refractivity contribution in [2.24, 2.45) is 0 Å².